The second-order valence-corrected chi connectivity index (χ2v) is 45.6. The van der Waals surface area contributed by atoms with Crippen molar-refractivity contribution in [3.8, 4) is 44.5 Å². The average Bonchev–Trinajstić information content (AvgIpc) is 0.741. The van der Waals surface area contributed by atoms with Crippen molar-refractivity contribution >= 4 is 84.9 Å². The Labute approximate surface area is 633 Å². The summed E-state index contributed by atoms with van der Waals surface area (Å²) in [5.41, 5.74) is 29.4. The molecule has 10 aromatic rings. The molecule has 0 saturated heterocycles. The molecule has 99 heavy (non-hydrogen) atoms. The van der Waals surface area contributed by atoms with E-state index in [1.165, 1.54) is 126 Å². The molecule has 514 valence electrons. The molecule has 0 unspecified atom stereocenters. The molecule has 0 atom stereocenters. The van der Waals surface area contributed by atoms with Crippen LogP contribution in [0.2, 0.25) is 0 Å². The van der Waals surface area contributed by atoms with Gasteiger partial charge in [-0.2, -0.15) is 0 Å². The summed E-state index contributed by atoms with van der Waals surface area (Å²) in [5.74, 6) is 5.20. The Morgan fingerprint density at radius 1 is 0.182 bits per heavy atom. The zero-order valence-electron chi connectivity index (χ0n) is 65.1. The van der Waals surface area contributed by atoms with Crippen molar-refractivity contribution in [3.63, 3.8) is 0 Å². The van der Waals surface area contributed by atoms with Gasteiger partial charge in [-0.05, 0) is 0 Å². The van der Waals surface area contributed by atoms with Crippen LogP contribution in [-0.2, 0) is 0 Å². The van der Waals surface area contributed by atoms with E-state index in [1.54, 1.807) is 7.16 Å². The van der Waals surface area contributed by atoms with E-state index in [0.717, 1.165) is 0 Å². The first kappa shape index (κ1) is 79.3. The number of hydrogen-bond acceptors (Lipinski definition) is 0. The van der Waals surface area contributed by atoms with Crippen LogP contribution < -0.4 is 21.5 Å². The van der Waals surface area contributed by atoms with Crippen molar-refractivity contribution in [1.82, 2.24) is 0 Å². The van der Waals surface area contributed by atoms with Crippen LogP contribution >= 0.6 is 0 Å². The molecule has 10 aromatic carbocycles. The molecule has 0 saturated carbocycles. The van der Waals surface area contributed by atoms with Crippen LogP contribution in [-0.4, -0.2) is 63.4 Å². The minimum absolute atomic E-state index is 0. The minimum atomic E-state index is -2.85. The standard InChI is InChI=1S/2C36H49.4C6H5.3Sn/c2*1-21(2)29-17-31(23(5)6)35(32(18-29)24(7)8)27-14-13-15-28(16-27)36-33(25(9)10)19-30(22(3)4)20-34(36)26(11)12;4*1-2-4-6-5-3-1;;;/h2*13-15,17-26H,1-12H3;4*1-5H;;;. The van der Waals surface area contributed by atoms with E-state index >= 15 is 0 Å². The van der Waals surface area contributed by atoms with Crippen LogP contribution in [0.3, 0.4) is 0 Å². The molecule has 0 aliphatic rings. The van der Waals surface area contributed by atoms with Crippen LogP contribution in [0.4, 0.5) is 0 Å². The summed E-state index contributed by atoms with van der Waals surface area (Å²) in [6.45, 7) is 57.0. The largest absolute Gasteiger partial charge is 0 e. The fraction of sp³-hybridized carbons (Fsp3) is 0.375. The van der Waals surface area contributed by atoms with Gasteiger partial charge in [0.15, 0.2) is 0 Å². The molecule has 0 heterocycles. The smallest absolute Gasteiger partial charge is 0 e. The van der Waals surface area contributed by atoms with Crippen LogP contribution in [0.5, 0.6) is 0 Å². The zero-order chi connectivity index (χ0) is 71.1. The van der Waals surface area contributed by atoms with E-state index < -0.39 is 39.5 Å². The normalized spacial score (nSPS) is 12.0. The van der Waals surface area contributed by atoms with Gasteiger partial charge >= 0.3 is 616 Å². The molecule has 3 heteroatoms. The fourth-order valence-corrected chi connectivity index (χ4v) is 31.5. The van der Waals surface area contributed by atoms with Crippen molar-refractivity contribution in [2.75, 3.05) is 0 Å². The summed E-state index contributed by atoms with van der Waals surface area (Å²) in [6.07, 6.45) is 0. The molecule has 0 aliphatic carbocycles. The first-order chi connectivity index (χ1) is 46.6. The maximum Gasteiger partial charge on any atom is 0 e. The van der Waals surface area contributed by atoms with Gasteiger partial charge in [0.1, 0.15) is 0 Å². The fourth-order valence-electron chi connectivity index (χ4n) is 14.9. The summed E-state index contributed by atoms with van der Waals surface area (Å²) >= 11 is -5.71. The molecular weight excluding hydrogens is 1510 g/mol. The van der Waals surface area contributed by atoms with E-state index in [9.17, 15) is 0 Å². The number of benzene rings is 10. The third kappa shape index (κ3) is 17.8. The third-order valence-electron chi connectivity index (χ3n) is 20.5. The van der Waals surface area contributed by atoms with Crippen molar-refractivity contribution in [2.45, 2.75) is 237 Å². The quantitative estimate of drug-likeness (QED) is 0.0593. The van der Waals surface area contributed by atoms with Gasteiger partial charge < -0.3 is 0 Å². The summed E-state index contributed by atoms with van der Waals surface area (Å²) in [4.78, 5) is 0. The Balaban J connectivity index is 0.000000250. The van der Waals surface area contributed by atoms with Crippen molar-refractivity contribution < 1.29 is 0 Å². The predicted molar refractivity (Wildman–Crippen MR) is 445 cm³/mol. The Morgan fingerprint density at radius 2 is 0.333 bits per heavy atom. The Bertz CT molecular complexity index is 3610. The van der Waals surface area contributed by atoms with Gasteiger partial charge in [-0.15, -0.1) is 0 Å². The molecule has 0 amide bonds. The van der Waals surface area contributed by atoms with Gasteiger partial charge in [-0.1, -0.05) is 0 Å². The van der Waals surface area contributed by atoms with Crippen molar-refractivity contribution in [2.24, 2.45) is 0 Å². The first-order valence-corrected chi connectivity index (χ1v) is 46.1. The molecule has 0 aliphatic heterocycles. The summed E-state index contributed by atoms with van der Waals surface area (Å²) < 4.78 is 9.33. The maximum atomic E-state index is 2.54. The third-order valence-corrected chi connectivity index (χ3v) is 36.8. The van der Waals surface area contributed by atoms with Crippen LogP contribution in [0.25, 0.3) is 44.5 Å². The molecule has 0 spiro atoms. The Morgan fingerprint density at radius 3 is 0.465 bits per heavy atom. The SMILES string of the molecule is CC(C)c1cc(C(C)C)c(-c2cccc(-c3c(C(C)C)cc(C(C)C)cc3C(C)C)[c]2[Sn]([c]2ccccc2)[c]2ccccc2)c(C(C)C)c1.CC(C)c1cc(C(C)C)c(-c2cccc(-c3c(C(C)C)cc(C(C)C)cc3C(C)C)[c]2[Sn]([c]2ccccc2)[c]2ccccc2)c(C(C)C)c1.[Sn]. The minimum Gasteiger partial charge on any atom is 0 e. The predicted octanol–water partition coefficient (Wildman–Crippen LogP) is 24.2. The second kappa shape index (κ2) is 35.2. The molecule has 0 N–H and O–H groups in total. The molecule has 0 aromatic heterocycles. The van der Waals surface area contributed by atoms with E-state index in [4.69, 9.17) is 0 Å². The first-order valence-electron chi connectivity index (χ1n) is 37.6. The van der Waals surface area contributed by atoms with Crippen molar-refractivity contribution in [3.05, 3.63) is 273 Å². The second-order valence-electron chi connectivity index (χ2n) is 31.8. The summed E-state index contributed by atoms with van der Waals surface area (Å²) in [5, 5.41) is 0. The summed E-state index contributed by atoms with van der Waals surface area (Å²) in [7, 11) is 0. The maximum absolute atomic E-state index is 2.85. The van der Waals surface area contributed by atoms with E-state index in [0.29, 0.717) is 71.0 Å². The Hall–Kier alpha value is -5.40. The van der Waals surface area contributed by atoms with Gasteiger partial charge in [0.2, 0.25) is 0 Å². The molecule has 0 nitrogen and oxygen atoms in total. The van der Waals surface area contributed by atoms with Gasteiger partial charge in [0.05, 0.1) is 0 Å². The summed E-state index contributed by atoms with van der Waals surface area (Å²) in [6, 6.07) is 81.2. The van der Waals surface area contributed by atoms with Crippen molar-refractivity contribution in [1.29, 1.82) is 0 Å². The zero-order valence-corrected chi connectivity index (χ0v) is 73.6. The monoisotopic (exact) mass is 1630 g/mol. The topological polar surface area (TPSA) is 0 Å². The van der Waals surface area contributed by atoms with Crippen LogP contribution in [0.15, 0.2) is 206 Å². The number of hydrogen-bond donors (Lipinski definition) is 0. The molecule has 10 rings (SSSR count). The number of rotatable bonds is 22. The molecule has 6 radical (unpaired) electrons. The van der Waals surface area contributed by atoms with E-state index in [2.05, 4.69) is 372 Å². The Kier molecular flexibility index (Phi) is 28.2. The molecule has 0 fully saturated rings. The average molecular weight is 1630 g/mol. The van der Waals surface area contributed by atoms with Crippen LogP contribution in [0, 0.1) is 0 Å². The molecule has 0 bridgehead atoms. The molecular formula is C96H118Sn3. The van der Waals surface area contributed by atoms with Gasteiger partial charge in [-0.25, -0.2) is 0 Å². The van der Waals surface area contributed by atoms with E-state index in [-0.39, 0.29) is 23.9 Å². The van der Waals surface area contributed by atoms with Gasteiger partial charge in [0.25, 0.3) is 0 Å². The van der Waals surface area contributed by atoms with E-state index in [1.807, 2.05) is 0 Å². The van der Waals surface area contributed by atoms with Gasteiger partial charge in [0, 0.05) is 23.9 Å². The van der Waals surface area contributed by atoms with Crippen LogP contribution in [0.1, 0.15) is 304 Å². The van der Waals surface area contributed by atoms with Gasteiger partial charge in [-0.3, -0.25) is 0 Å².